The average Bonchev–Trinajstić information content (AvgIpc) is 4.30. The minimum atomic E-state index is -2.44. The number of pyridine rings is 1. The number of imidazole rings is 1. The summed E-state index contributed by atoms with van der Waals surface area (Å²) in [6.45, 7) is 1.77. The molecule has 12 atom stereocenters. The number of aryl methyl sites for hydroxylation is 1. The van der Waals surface area contributed by atoms with Gasteiger partial charge in [-0.25, -0.2) is 9.97 Å². The molecule has 74 heavy (non-hydrogen) atoms. The second kappa shape index (κ2) is 14.4. The summed E-state index contributed by atoms with van der Waals surface area (Å²) in [6, 6.07) is 8.49. The Morgan fingerprint density at radius 3 is 2.45 bits per heavy atom. The molecule has 12 aliphatic rings. The standard InChI is InChI=1S/C59H61N5O10/c1-27-16-33-41(37(65)17-27)48(68)43-38-20-31-30(42(43)47(33)67)8-15-61-52(31)62-24-40(66)58-36-22-55(11-4-5-12-55)39(58)7-6-35-45(58)44-34(46-32(36)19-28(64-46)18-29-23-60-26-63-29)21-57(73-38)50(70)49(69)51(71)59(44,74-57)53(72)56(35)14-13-54(25-56)9-2-3-10-54/h8,15-17,19-21,23,26,35-36,39-40,49-51,53,64-66,69-72H,2-7,9-14,18,22,24-25H2,1H3,(H,60,63)(H,61,62)/t35-,36+,39+,40+,49+,50+,51-,53-,56-,57+,58-,59-/m0/s1. The number of aromatic nitrogens is 4. The molecule has 9 N–H and O–H groups in total. The molecule has 2 aromatic carbocycles. The largest absolute Gasteiger partial charge is 0.507 e. The van der Waals surface area contributed by atoms with Gasteiger partial charge >= 0.3 is 0 Å². The summed E-state index contributed by atoms with van der Waals surface area (Å²) in [4.78, 5) is 46.8. The Bertz CT molecular complexity index is 3420. The number of carbonyl (C=O) groups is 2. The van der Waals surface area contributed by atoms with Crippen molar-refractivity contribution in [2.45, 2.75) is 151 Å². The second-order valence-electron chi connectivity index (χ2n) is 24.9. The van der Waals surface area contributed by atoms with Gasteiger partial charge in [0.25, 0.3) is 5.79 Å². The molecule has 8 aliphatic carbocycles. The molecule has 7 heterocycles. The molecule has 6 fully saturated rings. The van der Waals surface area contributed by atoms with Crippen LogP contribution in [0.25, 0.3) is 16.3 Å². The zero-order chi connectivity index (χ0) is 50.2. The van der Waals surface area contributed by atoms with Gasteiger partial charge in [0, 0.05) is 75.4 Å². The van der Waals surface area contributed by atoms with E-state index in [1.54, 1.807) is 49.9 Å². The van der Waals surface area contributed by atoms with E-state index in [2.05, 4.69) is 26.3 Å². The fraction of sp³-hybridized carbons (Fsp3) is 0.525. The van der Waals surface area contributed by atoms with Crippen LogP contribution in [0.1, 0.15) is 156 Å². The third-order valence-electron chi connectivity index (χ3n) is 21.9. The fourth-order valence-electron chi connectivity index (χ4n) is 19.4. The number of hydrogen-bond acceptors (Lipinski definition) is 13. The second-order valence-corrected chi connectivity index (χ2v) is 24.9. The molecule has 0 radical (unpaired) electrons. The number of aromatic amines is 2. The van der Waals surface area contributed by atoms with Gasteiger partial charge in [-0.2, -0.15) is 0 Å². The van der Waals surface area contributed by atoms with Crippen molar-refractivity contribution in [1.29, 1.82) is 0 Å². The van der Waals surface area contributed by atoms with E-state index in [4.69, 9.17) is 14.5 Å². The van der Waals surface area contributed by atoms with Crippen molar-refractivity contribution in [3.05, 3.63) is 117 Å². The molecular formula is C59H61N5O10. The highest BCUT2D eigenvalue weighted by Gasteiger charge is 2.81. The van der Waals surface area contributed by atoms with Crippen molar-refractivity contribution in [2.75, 3.05) is 11.9 Å². The minimum Gasteiger partial charge on any atom is -0.507 e. The predicted molar refractivity (Wildman–Crippen MR) is 268 cm³/mol. The van der Waals surface area contributed by atoms with E-state index < -0.39 is 64.3 Å². The number of benzene rings is 2. The van der Waals surface area contributed by atoms with E-state index in [1.807, 2.05) is 0 Å². The van der Waals surface area contributed by atoms with Crippen molar-refractivity contribution in [3.63, 3.8) is 0 Å². The van der Waals surface area contributed by atoms with Gasteiger partial charge in [-0.1, -0.05) is 25.7 Å². The lowest BCUT2D eigenvalue weighted by atomic mass is 9.42. The Morgan fingerprint density at radius 2 is 1.65 bits per heavy atom. The number of phenolic OH excluding ortho intramolecular Hbond substituents is 1. The van der Waals surface area contributed by atoms with Crippen LogP contribution < -0.4 is 10.1 Å². The number of carbonyl (C=O) groups excluding carboxylic acids is 2. The van der Waals surface area contributed by atoms with E-state index in [-0.39, 0.29) is 68.9 Å². The number of aliphatic hydroxyl groups excluding tert-OH is 5. The Kier molecular flexibility index (Phi) is 8.69. The summed E-state index contributed by atoms with van der Waals surface area (Å²) in [7, 11) is 0. The number of phenols is 1. The number of fused-ring (bicyclic) bond motifs is 9. The highest BCUT2D eigenvalue weighted by atomic mass is 16.7. The maximum absolute atomic E-state index is 15.3. The summed E-state index contributed by atoms with van der Waals surface area (Å²) in [6.07, 6.45) is 11.8. The molecular weight excluding hydrogens is 939 g/mol. The molecule has 8 bridgehead atoms. The van der Waals surface area contributed by atoms with Crippen LogP contribution >= 0.6 is 0 Å². The van der Waals surface area contributed by atoms with Gasteiger partial charge in [0.2, 0.25) is 5.78 Å². The van der Waals surface area contributed by atoms with Crippen LogP contribution in [0.4, 0.5) is 5.82 Å². The summed E-state index contributed by atoms with van der Waals surface area (Å²) >= 11 is 0. The molecule has 5 aromatic rings. The number of rotatable bonds is 2. The van der Waals surface area contributed by atoms with E-state index in [9.17, 15) is 30.6 Å². The maximum atomic E-state index is 15.3. The predicted octanol–water partition coefficient (Wildman–Crippen LogP) is 6.95. The van der Waals surface area contributed by atoms with Gasteiger partial charge < -0.3 is 55.4 Å². The van der Waals surface area contributed by atoms with Crippen LogP contribution in [-0.2, 0) is 11.2 Å². The quantitative estimate of drug-likeness (QED) is 0.0854. The van der Waals surface area contributed by atoms with Gasteiger partial charge in [0.1, 0.15) is 29.5 Å². The lowest BCUT2D eigenvalue weighted by Crippen LogP contribution is -2.80. The van der Waals surface area contributed by atoms with Crippen LogP contribution in [0.15, 0.2) is 66.3 Å². The first-order valence-electron chi connectivity index (χ1n) is 27.3. The summed E-state index contributed by atoms with van der Waals surface area (Å²) in [5.74, 6) is -4.42. The Balaban J connectivity index is 1.05. The molecule has 0 unspecified atom stereocenters. The first-order chi connectivity index (χ1) is 35.7. The SMILES string of the molecule is Cc1cc(O)c2c(c1)C(=O)c1c(c3cc4c(nccc14)NC[C@@H](O)[C@@]14C5=C6C7=C[C@@]8(O3)O[C@@]6([C@@H](O)[C@H](O)[C@H]8O)[C@@H](O)[C@]3(CCC6(CCCC6)C3)[C@H]5CC[C@@H]1C1(CCCC1)C[C@@H]4c1cc(Cc3cnc[nH]3)[nH]c17)C2=O. The maximum Gasteiger partial charge on any atom is 0.261 e. The van der Waals surface area contributed by atoms with Crippen molar-refractivity contribution < 1.29 is 49.7 Å². The normalized spacial score (nSPS) is 38.1. The molecule has 15 heteroatoms. The molecule has 17 rings (SSSR count). The third kappa shape index (κ3) is 5.11. The smallest absolute Gasteiger partial charge is 0.261 e. The lowest BCUT2D eigenvalue weighted by molar-refractivity contribution is -0.369. The van der Waals surface area contributed by atoms with Crippen molar-refractivity contribution in [3.8, 4) is 11.5 Å². The Labute approximate surface area is 426 Å². The van der Waals surface area contributed by atoms with Crippen molar-refractivity contribution >= 4 is 33.7 Å². The Hall–Kier alpha value is -5.68. The van der Waals surface area contributed by atoms with Crippen molar-refractivity contribution in [2.24, 2.45) is 33.5 Å². The summed E-state index contributed by atoms with van der Waals surface area (Å²) < 4.78 is 14.9. The topological polar surface area (TPSA) is 243 Å². The molecule has 4 aliphatic heterocycles. The highest BCUT2D eigenvalue weighted by molar-refractivity contribution is 6.34. The lowest BCUT2D eigenvalue weighted by Gasteiger charge is -2.68. The summed E-state index contributed by atoms with van der Waals surface area (Å²) in [5.41, 5.74) is 1.54. The number of aromatic hydroxyl groups is 1. The molecule has 0 amide bonds. The molecule has 1 saturated heterocycles. The first-order valence-corrected chi connectivity index (χ1v) is 27.3. The average molecular weight is 1000 g/mol. The van der Waals surface area contributed by atoms with E-state index in [1.165, 1.54) is 6.07 Å². The molecule has 6 spiro atoms. The number of ether oxygens (including phenoxy) is 2. The number of anilines is 1. The zero-order valence-corrected chi connectivity index (χ0v) is 41.3. The van der Waals surface area contributed by atoms with Gasteiger partial charge in [-0.05, 0) is 164 Å². The molecule has 3 aromatic heterocycles. The number of ketones is 2. The molecule has 15 nitrogen and oxygen atoms in total. The van der Waals surface area contributed by atoms with E-state index in [0.717, 1.165) is 99.6 Å². The third-order valence-corrected chi connectivity index (χ3v) is 21.9. The van der Waals surface area contributed by atoms with Gasteiger partial charge in [0.15, 0.2) is 17.5 Å². The van der Waals surface area contributed by atoms with E-state index in [0.29, 0.717) is 58.3 Å². The van der Waals surface area contributed by atoms with Crippen LogP contribution in [0.5, 0.6) is 11.5 Å². The van der Waals surface area contributed by atoms with Crippen LogP contribution in [-0.4, -0.2) is 111 Å². The minimum absolute atomic E-state index is 0.00493. The number of H-pyrrole nitrogens is 2. The first kappa shape index (κ1) is 44.6. The van der Waals surface area contributed by atoms with Gasteiger partial charge in [0.05, 0.1) is 29.7 Å². The highest BCUT2D eigenvalue weighted by Crippen LogP contribution is 2.82. The van der Waals surface area contributed by atoms with Gasteiger partial charge in [-0.15, -0.1) is 0 Å². The molecule has 382 valence electrons. The van der Waals surface area contributed by atoms with Gasteiger partial charge in [-0.3, -0.25) is 9.59 Å². The van der Waals surface area contributed by atoms with Crippen LogP contribution in [0.2, 0.25) is 0 Å². The zero-order valence-electron chi connectivity index (χ0n) is 41.3. The number of aliphatic hydroxyl groups is 5. The number of hydrogen-bond donors (Lipinski definition) is 9. The fourth-order valence-corrected chi connectivity index (χ4v) is 19.4. The van der Waals surface area contributed by atoms with Crippen molar-refractivity contribution in [1.82, 2.24) is 19.9 Å². The van der Waals surface area contributed by atoms with Crippen LogP contribution in [0.3, 0.4) is 0 Å². The number of nitrogens with zero attached hydrogens (tertiary/aromatic N) is 2. The monoisotopic (exact) mass is 999 g/mol. The molecule has 5 saturated carbocycles. The number of nitrogens with one attached hydrogen (secondary N) is 3. The summed E-state index contributed by atoms with van der Waals surface area (Å²) in [5, 5.41) is 83.5. The Morgan fingerprint density at radius 1 is 0.838 bits per heavy atom. The van der Waals surface area contributed by atoms with E-state index >= 15 is 9.59 Å². The van der Waals surface area contributed by atoms with Crippen LogP contribution in [0, 0.1) is 40.4 Å².